The number of pyridine rings is 1. The minimum absolute atomic E-state index is 0.248. The highest BCUT2D eigenvalue weighted by Crippen LogP contribution is 2.33. The van der Waals surface area contributed by atoms with Gasteiger partial charge in [-0.05, 0) is 22.9 Å². The third kappa shape index (κ3) is 2.93. The Bertz CT molecular complexity index is 558. The fourth-order valence-corrected chi connectivity index (χ4v) is 1.88. The third-order valence-corrected chi connectivity index (χ3v) is 3.40. The van der Waals surface area contributed by atoms with E-state index in [2.05, 4.69) is 30.4 Å². The average Bonchev–Trinajstić information content (AvgIpc) is 2.41. The van der Waals surface area contributed by atoms with Crippen LogP contribution >= 0.6 is 15.9 Å². The van der Waals surface area contributed by atoms with Gasteiger partial charge in [-0.3, -0.25) is 24.7 Å². The van der Waals surface area contributed by atoms with Gasteiger partial charge >= 0.3 is 11.9 Å². The lowest BCUT2D eigenvalue weighted by atomic mass is 10.0. The van der Waals surface area contributed by atoms with E-state index in [1.54, 1.807) is 0 Å². The molecule has 0 aliphatic carbocycles. The molecule has 108 valence electrons. The van der Waals surface area contributed by atoms with Crippen LogP contribution in [0, 0.1) is 17.0 Å². The highest BCUT2D eigenvalue weighted by atomic mass is 79.9. The molecule has 0 bridgehead atoms. The fourth-order valence-electron chi connectivity index (χ4n) is 1.59. The number of esters is 2. The van der Waals surface area contributed by atoms with Gasteiger partial charge in [-0.2, -0.15) is 0 Å². The first-order chi connectivity index (χ1) is 9.34. The number of nitrogens with zero attached hydrogens (tertiary/aromatic N) is 2. The molecule has 1 aromatic heterocycles. The highest BCUT2D eigenvalue weighted by molar-refractivity contribution is 9.10. The van der Waals surface area contributed by atoms with Crippen LogP contribution in [0.3, 0.4) is 0 Å². The van der Waals surface area contributed by atoms with Gasteiger partial charge in [-0.15, -0.1) is 0 Å². The smallest absolute Gasteiger partial charge is 0.326 e. The van der Waals surface area contributed by atoms with Gasteiger partial charge in [0, 0.05) is 16.2 Å². The number of carbonyl (C=O) groups excluding carboxylic acids is 2. The molecule has 0 aliphatic rings. The van der Waals surface area contributed by atoms with Crippen molar-refractivity contribution in [3.8, 4) is 0 Å². The lowest BCUT2D eigenvalue weighted by Gasteiger charge is -2.13. The third-order valence-electron chi connectivity index (χ3n) is 2.60. The number of methoxy groups -OCH3 is 2. The SMILES string of the molecule is COC(=O)C(C(=O)OC)c1ncc(Br)c(C)c1[N+](=O)[O-]. The quantitative estimate of drug-likeness (QED) is 0.351. The van der Waals surface area contributed by atoms with E-state index in [1.807, 2.05) is 0 Å². The monoisotopic (exact) mass is 346 g/mol. The summed E-state index contributed by atoms with van der Waals surface area (Å²) < 4.78 is 9.35. The molecule has 0 unspecified atom stereocenters. The zero-order valence-corrected chi connectivity index (χ0v) is 12.5. The van der Waals surface area contributed by atoms with E-state index >= 15 is 0 Å². The van der Waals surface area contributed by atoms with Crippen LogP contribution < -0.4 is 0 Å². The summed E-state index contributed by atoms with van der Waals surface area (Å²) in [6, 6.07) is 0. The summed E-state index contributed by atoms with van der Waals surface area (Å²) in [7, 11) is 2.13. The molecule has 9 heteroatoms. The van der Waals surface area contributed by atoms with Crippen LogP contribution in [0.15, 0.2) is 10.7 Å². The number of rotatable bonds is 4. The van der Waals surface area contributed by atoms with Crippen molar-refractivity contribution in [3.05, 3.63) is 32.0 Å². The Hall–Kier alpha value is -2.03. The molecule has 1 heterocycles. The molecule has 0 fully saturated rings. The van der Waals surface area contributed by atoms with E-state index < -0.39 is 28.5 Å². The van der Waals surface area contributed by atoms with Crippen LogP contribution in [-0.2, 0) is 19.1 Å². The topological polar surface area (TPSA) is 109 Å². The first-order valence-electron chi connectivity index (χ1n) is 5.30. The molecule has 0 amide bonds. The van der Waals surface area contributed by atoms with Gasteiger partial charge in [0.15, 0.2) is 0 Å². The van der Waals surface area contributed by atoms with E-state index in [4.69, 9.17) is 0 Å². The number of halogens is 1. The van der Waals surface area contributed by atoms with Crippen molar-refractivity contribution in [3.63, 3.8) is 0 Å². The van der Waals surface area contributed by atoms with Gasteiger partial charge in [0.1, 0.15) is 5.69 Å². The van der Waals surface area contributed by atoms with Crippen LogP contribution in [0.4, 0.5) is 5.69 Å². The van der Waals surface area contributed by atoms with Crippen LogP contribution in [-0.4, -0.2) is 36.1 Å². The van der Waals surface area contributed by atoms with Gasteiger partial charge < -0.3 is 9.47 Å². The Labute approximate surface area is 122 Å². The molecule has 0 aromatic carbocycles. The van der Waals surface area contributed by atoms with Gasteiger partial charge in [0.05, 0.1) is 19.1 Å². The van der Waals surface area contributed by atoms with Crippen molar-refractivity contribution in [2.24, 2.45) is 0 Å². The van der Waals surface area contributed by atoms with Gasteiger partial charge in [-0.25, -0.2) is 0 Å². The number of nitro groups is 1. The molecule has 1 aromatic rings. The molecule has 0 saturated heterocycles. The molecule has 8 nitrogen and oxygen atoms in total. The summed E-state index contributed by atoms with van der Waals surface area (Å²) in [6.45, 7) is 1.47. The second-order valence-corrected chi connectivity index (χ2v) is 4.56. The first-order valence-corrected chi connectivity index (χ1v) is 6.09. The number of ether oxygens (including phenoxy) is 2. The second-order valence-electron chi connectivity index (χ2n) is 3.70. The predicted molar refractivity (Wildman–Crippen MR) is 70.1 cm³/mol. The average molecular weight is 347 g/mol. The van der Waals surface area contributed by atoms with E-state index in [-0.39, 0.29) is 11.3 Å². The maximum atomic E-state index is 11.7. The van der Waals surface area contributed by atoms with E-state index in [0.717, 1.165) is 14.2 Å². The zero-order valence-electron chi connectivity index (χ0n) is 10.9. The maximum Gasteiger partial charge on any atom is 0.326 e. The predicted octanol–water partition coefficient (Wildman–Crippen LogP) is 1.49. The highest BCUT2D eigenvalue weighted by Gasteiger charge is 2.39. The molecule has 0 saturated carbocycles. The van der Waals surface area contributed by atoms with Gasteiger partial charge in [-0.1, -0.05) is 0 Å². The lowest BCUT2D eigenvalue weighted by Crippen LogP contribution is -2.26. The minimum atomic E-state index is -1.60. The van der Waals surface area contributed by atoms with Crippen LogP contribution in [0.2, 0.25) is 0 Å². The summed E-state index contributed by atoms with van der Waals surface area (Å²) in [5, 5.41) is 11.2. The van der Waals surface area contributed by atoms with Crippen molar-refractivity contribution in [2.45, 2.75) is 12.8 Å². The van der Waals surface area contributed by atoms with Crippen molar-refractivity contribution in [1.82, 2.24) is 4.98 Å². The summed E-state index contributed by atoms with van der Waals surface area (Å²) >= 11 is 3.11. The molecule has 0 spiro atoms. The lowest BCUT2D eigenvalue weighted by molar-refractivity contribution is -0.386. The minimum Gasteiger partial charge on any atom is -0.468 e. The van der Waals surface area contributed by atoms with Gasteiger partial charge in [0.2, 0.25) is 5.92 Å². The Morgan fingerprint density at radius 3 is 2.25 bits per heavy atom. The normalized spacial score (nSPS) is 10.2. The van der Waals surface area contributed by atoms with Crippen molar-refractivity contribution < 1.29 is 24.0 Å². The molecular formula is C11H11BrN2O6. The largest absolute Gasteiger partial charge is 0.468 e. The summed E-state index contributed by atoms with van der Waals surface area (Å²) in [6.07, 6.45) is 1.27. The Kier molecular flexibility index (Phi) is 5.14. The van der Waals surface area contributed by atoms with E-state index in [1.165, 1.54) is 13.1 Å². The zero-order chi connectivity index (χ0) is 15.4. The molecule has 20 heavy (non-hydrogen) atoms. The number of hydrogen-bond donors (Lipinski definition) is 0. The number of carbonyl (C=O) groups is 2. The second kappa shape index (κ2) is 6.42. The molecule has 0 atom stereocenters. The molecule has 1 rings (SSSR count). The Balaban J connectivity index is 3.56. The summed E-state index contributed by atoms with van der Waals surface area (Å²) in [4.78, 5) is 37.6. The number of hydrogen-bond acceptors (Lipinski definition) is 7. The van der Waals surface area contributed by atoms with Crippen LogP contribution in [0.1, 0.15) is 17.2 Å². The van der Waals surface area contributed by atoms with Crippen molar-refractivity contribution >= 4 is 33.6 Å². The van der Waals surface area contributed by atoms with Crippen LogP contribution in [0.5, 0.6) is 0 Å². The molecule has 0 radical (unpaired) electrons. The summed E-state index contributed by atoms with van der Waals surface area (Å²) in [5.74, 6) is -3.56. The molecule has 0 N–H and O–H groups in total. The summed E-state index contributed by atoms with van der Waals surface area (Å²) in [5.41, 5.74) is -0.493. The van der Waals surface area contributed by atoms with E-state index in [0.29, 0.717) is 4.47 Å². The standard InChI is InChI=1S/C11H11BrN2O6/c1-5-6(12)4-13-8(9(5)14(17)18)7(10(15)19-2)11(16)20-3/h4,7H,1-3H3. The molecular weight excluding hydrogens is 336 g/mol. The Morgan fingerprint density at radius 2 is 1.85 bits per heavy atom. The Morgan fingerprint density at radius 1 is 1.35 bits per heavy atom. The molecule has 0 aliphatic heterocycles. The van der Waals surface area contributed by atoms with Crippen LogP contribution in [0.25, 0.3) is 0 Å². The van der Waals surface area contributed by atoms with Gasteiger partial charge in [0.25, 0.3) is 5.69 Å². The van der Waals surface area contributed by atoms with E-state index in [9.17, 15) is 19.7 Å². The number of aromatic nitrogens is 1. The first kappa shape index (κ1) is 16.0. The maximum absolute atomic E-state index is 11.7. The van der Waals surface area contributed by atoms with Crippen molar-refractivity contribution in [2.75, 3.05) is 14.2 Å². The van der Waals surface area contributed by atoms with Crippen molar-refractivity contribution in [1.29, 1.82) is 0 Å². The fraction of sp³-hybridized carbons (Fsp3) is 0.364.